The Morgan fingerprint density at radius 2 is 1.97 bits per heavy atom. The van der Waals surface area contributed by atoms with Crippen molar-refractivity contribution in [2.75, 3.05) is 6.54 Å². The standard InChI is InChI=1S/C21H24FN5OS/c1-3-18-13-25-20(29-18)14-27-21(23-4-2)26-12-15-9-10-24-19(11-15)28-17-7-5-16(22)6-8-17/h5-11,13H,3-4,12,14H2,1-2H3,(H2,23,26,27). The second kappa shape index (κ2) is 10.5. The Morgan fingerprint density at radius 3 is 2.69 bits per heavy atom. The summed E-state index contributed by atoms with van der Waals surface area (Å²) in [5.74, 6) is 1.39. The third-order valence-corrected chi connectivity index (χ3v) is 5.10. The van der Waals surface area contributed by atoms with E-state index in [4.69, 9.17) is 4.74 Å². The van der Waals surface area contributed by atoms with E-state index in [0.717, 1.165) is 29.5 Å². The van der Waals surface area contributed by atoms with E-state index < -0.39 is 0 Å². The van der Waals surface area contributed by atoms with E-state index >= 15 is 0 Å². The highest BCUT2D eigenvalue weighted by Gasteiger charge is 2.04. The Bertz CT molecular complexity index is 942. The lowest BCUT2D eigenvalue weighted by molar-refractivity contribution is 0.460. The molecule has 3 aromatic rings. The van der Waals surface area contributed by atoms with Crippen LogP contribution in [0.15, 0.2) is 53.8 Å². The van der Waals surface area contributed by atoms with Gasteiger partial charge in [0, 0.05) is 29.9 Å². The van der Waals surface area contributed by atoms with Gasteiger partial charge in [-0.25, -0.2) is 19.4 Å². The second-order valence-corrected chi connectivity index (χ2v) is 7.38. The van der Waals surface area contributed by atoms with Crippen molar-refractivity contribution in [3.63, 3.8) is 0 Å². The maximum Gasteiger partial charge on any atom is 0.219 e. The molecule has 2 aromatic heterocycles. The fourth-order valence-electron chi connectivity index (χ4n) is 2.49. The van der Waals surface area contributed by atoms with Gasteiger partial charge in [-0.05, 0) is 49.2 Å². The number of guanidine groups is 1. The molecule has 0 amide bonds. The lowest BCUT2D eigenvalue weighted by atomic mass is 10.2. The number of halogens is 1. The van der Waals surface area contributed by atoms with E-state index in [1.54, 1.807) is 29.7 Å². The van der Waals surface area contributed by atoms with Crippen molar-refractivity contribution in [1.82, 2.24) is 20.6 Å². The molecule has 2 heterocycles. The minimum absolute atomic E-state index is 0.305. The monoisotopic (exact) mass is 413 g/mol. The number of aromatic nitrogens is 2. The number of thiazole rings is 1. The predicted molar refractivity (Wildman–Crippen MR) is 114 cm³/mol. The molecule has 0 aliphatic carbocycles. The van der Waals surface area contributed by atoms with E-state index in [9.17, 15) is 4.39 Å². The van der Waals surface area contributed by atoms with Gasteiger partial charge in [0.15, 0.2) is 5.96 Å². The topological polar surface area (TPSA) is 71.4 Å². The van der Waals surface area contributed by atoms with Crippen LogP contribution >= 0.6 is 11.3 Å². The SMILES string of the molecule is CCNC(=NCc1ccnc(Oc2ccc(F)cc2)c1)NCc1ncc(CC)s1. The first-order valence-corrected chi connectivity index (χ1v) is 10.3. The number of hydrogen-bond donors (Lipinski definition) is 2. The molecule has 0 fully saturated rings. The van der Waals surface area contributed by atoms with E-state index in [1.807, 2.05) is 25.3 Å². The number of rotatable bonds is 8. The van der Waals surface area contributed by atoms with Crippen LogP contribution in [-0.4, -0.2) is 22.5 Å². The molecule has 3 rings (SSSR count). The predicted octanol–water partition coefficient (Wildman–Crippen LogP) is 4.29. The van der Waals surface area contributed by atoms with Crippen molar-refractivity contribution >= 4 is 17.3 Å². The number of nitrogens with zero attached hydrogens (tertiary/aromatic N) is 3. The van der Waals surface area contributed by atoms with E-state index in [1.165, 1.54) is 17.0 Å². The zero-order chi connectivity index (χ0) is 20.5. The lowest BCUT2D eigenvalue weighted by Crippen LogP contribution is -2.36. The molecule has 0 bridgehead atoms. The summed E-state index contributed by atoms with van der Waals surface area (Å²) in [6.45, 7) is 6.01. The quantitative estimate of drug-likeness (QED) is 0.426. The molecule has 0 spiro atoms. The number of nitrogens with one attached hydrogen (secondary N) is 2. The van der Waals surface area contributed by atoms with Gasteiger partial charge in [-0.2, -0.15) is 0 Å². The van der Waals surface area contributed by atoms with Crippen molar-refractivity contribution < 1.29 is 9.13 Å². The van der Waals surface area contributed by atoms with Gasteiger partial charge in [-0.15, -0.1) is 11.3 Å². The summed E-state index contributed by atoms with van der Waals surface area (Å²) >= 11 is 1.71. The van der Waals surface area contributed by atoms with Crippen LogP contribution in [0.25, 0.3) is 0 Å². The Hall–Kier alpha value is -3.00. The number of pyridine rings is 1. The molecule has 0 saturated carbocycles. The van der Waals surface area contributed by atoms with Crippen molar-refractivity contribution in [3.05, 3.63) is 70.1 Å². The van der Waals surface area contributed by atoms with Crippen LogP contribution in [-0.2, 0) is 19.5 Å². The van der Waals surface area contributed by atoms with Crippen molar-refractivity contribution in [2.45, 2.75) is 33.4 Å². The fourth-order valence-corrected chi connectivity index (χ4v) is 3.29. The molecular formula is C21H24FN5OS. The van der Waals surface area contributed by atoms with Crippen LogP contribution < -0.4 is 15.4 Å². The van der Waals surface area contributed by atoms with E-state index in [-0.39, 0.29) is 5.82 Å². The molecular weight excluding hydrogens is 389 g/mol. The molecule has 0 aliphatic heterocycles. The van der Waals surface area contributed by atoms with Gasteiger partial charge in [-0.1, -0.05) is 6.92 Å². The van der Waals surface area contributed by atoms with Crippen LogP contribution in [0.1, 0.15) is 29.3 Å². The van der Waals surface area contributed by atoms with Crippen molar-refractivity contribution in [2.24, 2.45) is 4.99 Å². The van der Waals surface area contributed by atoms with Gasteiger partial charge < -0.3 is 15.4 Å². The van der Waals surface area contributed by atoms with Crippen LogP contribution in [0.3, 0.4) is 0 Å². The maximum absolute atomic E-state index is 13.0. The number of ether oxygens (including phenoxy) is 1. The lowest BCUT2D eigenvalue weighted by Gasteiger charge is -2.10. The molecule has 6 nitrogen and oxygen atoms in total. The van der Waals surface area contributed by atoms with Gasteiger partial charge >= 0.3 is 0 Å². The first-order valence-electron chi connectivity index (χ1n) is 9.50. The normalized spacial score (nSPS) is 11.3. The van der Waals surface area contributed by atoms with Gasteiger partial charge in [0.05, 0.1) is 13.1 Å². The molecule has 0 atom stereocenters. The number of aryl methyl sites for hydroxylation is 1. The Kier molecular flexibility index (Phi) is 7.52. The Labute approximate surface area is 173 Å². The number of hydrogen-bond acceptors (Lipinski definition) is 5. The molecule has 152 valence electrons. The van der Waals surface area contributed by atoms with Crippen LogP contribution in [0.5, 0.6) is 11.6 Å². The van der Waals surface area contributed by atoms with E-state index in [2.05, 4.69) is 32.5 Å². The minimum Gasteiger partial charge on any atom is -0.439 e. The molecule has 0 aliphatic rings. The van der Waals surface area contributed by atoms with Gasteiger partial charge in [0.1, 0.15) is 16.6 Å². The smallest absolute Gasteiger partial charge is 0.219 e. The summed E-state index contributed by atoms with van der Waals surface area (Å²) in [6, 6.07) is 9.55. The highest BCUT2D eigenvalue weighted by molar-refractivity contribution is 7.11. The average Bonchev–Trinajstić information content (AvgIpc) is 3.20. The maximum atomic E-state index is 13.0. The molecule has 8 heteroatoms. The summed E-state index contributed by atoms with van der Waals surface area (Å²) in [4.78, 5) is 14.5. The van der Waals surface area contributed by atoms with Crippen LogP contribution in [0, 0.1) is 5.82 Å². The van der Waals surface area contributed by atoms with Crippen LogP contribution in [0.2, 0.25) is 0 Å². The average molecular weight is 414 g/mol. The number of aliphatic imine (C=N–C) groups is 1. The Morgan fingerprint density at radius 1 is 1.14 bits per heavy atom. The summed E-state index contributed by atoms with van der Waals surface area (Å²) in [6.07, 6.45) is 4.59. The van der Waals surface area contributed by atoms with Crippen molar-refractivity contribution in [3.8, 4) is 11.6 Å². The summed E-state index contributed by atoms with van der Waals surface area (Å²) in [7, 11) is 0. The molecule has 1 aromatic carbocycles. The van der Waals surface area contributed by atoms with Gasteiger partial charge in [-0.3, -0.25) is 0 Å². The van der Waals surface area contributed by atoms with E-state index in [0.29, 0.717) is 24.7 Å². The molecule has 0 saturated heterocycles. The summed E-state index contributed by atoms with van der Waals surface area (Å²) < 4.78 is 18.7. The zero-order valence-corrected chi connectivity index (χ0v) is 17.3. The second-order valence-electron chi connectivity index (χ2n) is 6.18. The highest BCUT2D eigenvalue weighted by atomic mass is 32.1. The van der Waals surface area contributed by atoms with Crippen molar-refractivity contribution in [1.29, 1.82) is 0 Å². The molecule has 29 heavy (non-hydrogen) atoms. The fraction of sp³-hybridized carbons (Fsp3) is 0.286. The highest BCUT2D eigenvalue weighted by Crippen LogP contribution is 2.20. The first-order chi connectivity index (χ1) is 14.2. The minimum atomic E-state index is -0.305. The zero-order valence-electron chi connectivity index (χ0n) is 16.5. The first kappa shape index (κ1) is 20.7. The molecule has 2 N–H and O–H groups in total. The van der Waals surface area contributed by atoms with Gasteiger partial charge in [0.25, 0.3) is 0 Å². The third kappa shape index (κ3) is 6.53. The van der Waals surface area contributed by atoms with Crippen LogP contribution in [0.4, 0.5) is 4.39 Å². The summed E-state index contributed by atoms with van der Waals surface area (Å²) in [5.41, 5.74) is 0.955. The van der Waals surface area contributed by atoms with Gasteiger partial charge in [0.2, 0.25) is 5.88 Å². The summed E-state index contributed by atoms with van der Waals surface area (Å²) in [5, 5.41) is 7.58. The number of benzene rings is 1. The third-order valence-electron chi connectivity index (χ3n) is 3.96. The molecule has 0 unspecified atom stereocenters. The molecule has 0 radical (unpaired) electrons. The largest absolute Gasteiger partial charge is 0.439 e. The Balaban J connectivity index is 1.61.